The smallest absolute Gasteiger partial charge is 0.261 e. The Balaban J connectivity index is 1.06. The maximum atomic E-state index is 13.3. The van der Waals surface area contributed by atoms with Crippen LogP contribution >= 0.6 is 0 Å². The van der Waals surface area contributed by atoms with Crippen molar-refractivity contribution in [3.05, 3.63) is 179 Å². The normalized spacial score (nSPS) is 11.4. The third-order valence-electron chi connectivity index (χ3n) is 7.91. The van der Waals surface area contributed by atoms with Crippen molar-refractivity contribution in [2.45, 2.75) is 16.2 Å². The third kappa shape index (κ3) is 9.11. The molecule has 0 aromatic heterocycles. The average molecular weight is 753 g/mol. The molecule has 0 unspecified atom stereocenters. The molecule has 0 radical (unpaired) electrons. The molecule has 10 nitrogen and oxygen atoms in total. The summed E-state index contributed by atoms with van der Waals surface area (Å²) in [5.41, 5.74) is 3.10. The van der Waals surface area contributed by atoms with Crippen molar-refractivity contribution in [2.75, 3.05) is 20.1 Å². The second-order valence-electron chi connectivity index (χ2n) is 11.7. The number of carbonyl (C=O) groups is 2. The van der Waals surface area contributed by atoms with Crippen LogP contribution in [0.15, 0.2) is 155 Å². The van der Waals surface area contributed by atoms with Crippen molar-refractivity contribution in [1.82, 2.24) is 0 Å². The predicted octanol–water partition coefficient (Wildman–Crippen LogP) is 7.66. The van der Waals surface area contributed by atoms with Crippen molar-refractivity contribution in [3.8, 4) is 0 Å². The van der Waals surface area contributed by atoms with Crippen molar-refractivity contribution in [1.29, 1.82) is 0 Å². The van der Waals surface area contributed by atoms with Gasteiger partial charge in [0.05, 0.1) is 32.3 Å². The highest BCUT2D eigenvalue weighted by molar-refractivity contribution is 7.93. The second kappa shape index (κ2) is 15.5. The quantitative estimate of drug-likeness (QED) is 0.101. The lowest BCUT2D eigenvalue weighted by Crippen LogP contribution is -2.18. The van der Waals surface area contributed by atoms with Crippen LogP contribution in [0.1, 0.15) is 31.8 Å². The summed E-state index contributed by atoms with van der Waals surface area (Å²) in [5.74, 6) is -2.24. The van der Waals surface area contributed by atoms with Gasteiger partial charge in [-0.1, -0.05) is 48.5 Å². The maximum Gasteiger partial charge on any atom is 0.261 e. The minimum atomic E-state index is -4.08. The Hall–Kier alpha value is -6.38. The Kier molecular flexibility index (Phi) is 10.6. The highest BCUT2D eigenvalue weighted by Crippen LogP contribution is 2.24. The molecule has 0 atom stereocenters. The molecule has 6 rings (SSSR count). The minimum Gasteiger partial charge on any atom is -0.322 e. The van der Waals surface area contributed by atoms with Gasteiger partial charge in [-0.3, -0.25) is 19.0 Å². The Labute approximate surface area is 304 Å². The van der Waals surface area contributed by atoms with Gasteiger partial charge in [-0.2, -0.15) is 0 Å². The predicted molar refractivity (Wildman–Crippen MR) is 199 cm³/mol. The highest BCUT2D eigenvalue weighted by atomic mass is 32.2. The van der Waals surface area contributed by atoms with E-state index >= 15 is 0 Å². The number of anilines is 4. The Morgan fingerprint density at radius 3 is 1.15 bits per heavy atom. The number of nitrogens with one attached hydrogen (secondary N) is 4. The van der Waals surface area contributed by atoms with Crippen LogP contribution in [0.25, 0.3) is 0 Å². The van der Waals surface area contributed by atoms with Crippen molar-refractivity contribution in [2.24, 2.45) is 0 Å². The van der Waals surface area contributed by atoms with Crippen molar-refractivity contribution >= 4 is 54.6 Å². The van der Waals surface area contributed by atoms with Crippen LogP contribution in [0.3, 0.4) is 0 Å². The fourth-order valence-electron chi connectivity index (χ4n) is 5.22. The van der Waals surface area contributed by atoms with E-state index < -0.39 is 43.5 Å². The van der Waals surface area contributed by atoms with Gasteiger partial charge >= 0.3 is 0 Å². The number of carbonyl (C=O) groups excluding carboxylic acids is 2. The summed E-state index contributed by atoms with van der Waals surface area (Å²) in [6, 6.07) is 35.1. The van der Waals surface area contributed by atoms with E-state index in [0.717, 1.165) is 59.7 Å². The molecule has 14 heteroatoms. The number of hydrogen-bond acceptors (Lipinski definition) is 6. The molecule has 0 saturated carbocycles. The van der Waals surface area contributed by atoms with Crippen molar-refractivity contribution < 1.29 is 35.2 Å². The van der Waals surface area contributed by atoms with E-state index in [1.807, 2.05) is 24.3 Å². The molecule has 268 valence electrons. The lowest BCUT2D eigenvalue weighted by Gasteiger charge is -2.13. The fraction of sp³-hybridized carbons (Fsp3) is 0.0256. The molecule has 53 heavy (non-hydrogen) atoms. The monoisotopic (exact) mass is 752 g/mol. The van der Waals surface area contributed by atoms with E-state index in [1.165, 1.54) is 24.3 Å². The van der Waals surface area contributed by atoms with Gasteiger partial charge in [0.1, 0.15) is 11.6 Å². The number of para-hydroxylation sites is 2. The maximum absolute atomic E-state index is 13.3. The number of rotatable bonds is 12. The largest absolute Gasteiger partial charge is 0.322 e. The molecule has 6 aromatic carbocycles. The molecular weight excluding hydrogens is 723 g/mol. The number of hydrogen-bond donors (Lipinski definition) is 4. The van der Waals surface area contributed by atoms with Crippen LogP contribution in [0.5, 0.6) is 0 Å². The van der Waals surface area contributed by atoms with Gasteiger partial charge in [-0.25, -0.2) is 25.6 Å². The summed E-state index contributed by atoms with van der Waals surface area (Å²) in [7, 11) is -8.17. The molecule has 0 heterocycles. The fourth-order valence-corrected chi connectivity index (χ4v) is 7.38. The molecule has 2 amide bonds. The van der Waals surface area contributed by atoms with E-state index in [2.05, 4.69) is 20.1 Å². The molecular formula is C39H30F2N4O6S2. The molecule has 4 N–H and O–H groups in total. The third-order valence-corrected chi connectivity index (χ3v) is 10.7. The van der Waals surface area contributed by atoms with Gasteiger partial charge in [0, 0.05) is 11.4 Å². The van der Waals surface area contributed by atoms with Gasteiger partial charge in [-0.05, 0) is 115 Å². The first-order chi connectivity index (χ1) is 25.4. The number of benzene rings is 6. The topological polar surface area (TPSA) is 151 Å². The zero-order valence-electron chi connectivity index (χ0n) is 27.6. The Bertz CT molecular complexity index is 2320. The zero-order chi connectivity index (χ0) is 37.6. The molecule has 0 aliphatic carbocycles. The number of amides is 2. The van der Waals surface area contributed by atoms with Gasteiger partial charge in [-0.15, -0.1) is 0 Å². The second-order valence-corrected chi connectivity index (χ2v) is 15.1. The van der Waals surface area contributed by atoms with Crippen LogP contribution < -0.4 is 20.1 Å². The summed E-state index contributed by atoms with van der Waals surface area (Å²) >= 11 is 0. The Morgan fingerprint density at radius 1 is 0.453 bits per heavy atom. The lowest BCUT2D eigenvalue weighted by atomic mass is 10.0. The summed E-state index contributed by atoms with van der Waals surface area (Å²) < 4.78 is 82.8. The first kappa shape index (κ1) is 36.4. The summed E-state index contributed by atoms with van der Waals surface area (Å²) in [5, 5.41) is 5.55. The molecule has 0 aliphatic rings. The summed E-state index contributed by atoms with van der Waals surface area (Å²) in [6.45, 7) is 0. The van der Waals surface area contributed by atoms with Crippen LogP contribution in [0.4, 0.5) is 31.5 Å². The molecule has 6 aromatic rings. The van der Waals surface area contributed by atoms with Crippen LogP contribution in [0.2, 0.25) is 0 Å². The van der Waals surface area contributed by atoms with Gasteiger partial charge in [0.15, 0.2) is 0 Å². The summed E-state index contributed by atoms with van der Waals surface area (Å²) in [4.78, 5) is 26.0. The van der Waals surface area contributed by atoms with Gasteiger partial charge in [0.2, 0.25) is 0 Å². The Morgan fingerprint density at radius 2 is 0.792 bits per heavy atom. The molecule has 0 aliphatic heterocycles. The molecule has 0 fully saturated rings. The molecule has 0 saturated heterocycles. The van der Waals surface area contributed by atoms with Gasteiger partial charge in [0.25, 0.3) is 31.9 Å². The number of sulfonamides is 2. The van der Waals surface area contributed by atoms with E-state index in [1.54, 1.807) is 48.5 Å². The average Bonchev–Trinajstić information content (AvgIpc) is 3.13. The van der Waals surface area contributed by atoms with Crippen LogP contribution in [-0.2, 0) is 26.5 Å². The van der Waals surface area contributed by atoms with Crippen molar-refractivity contribution in [3.63, 3.8) is 0 Å². The van der Waals surface area contributed by atoms with E-state index in [4.69, 9.17) is 0 Å². The van der Waals surface area contributed by atoms with Crippen LogP contribution in [0, 0.1) is 11.6 Å². The van der Waals surface area contributed by atoms with E-state index in [9.17, 15) is 35.2 Å². The SMILES string of the molecule is O=C(Nc1ccc(Cc2ccc(NC(=O)c3ccccc3NS(=O)(=O)c3ccc(F)cc3)cc2)cc1)c1ccccc1NS(=O)(=O)c1ccc(F)cc1. The first-order valence-corrected chi connectivity index (χ1v) is 18.9. The molecule has 0 bridgehead atoms. The lowest BCUT2D eigenvalue weighted by molar-refractivity contribution is 0.101. The number of halogens is 2. The standard InChI is InChI=1S/C39H30F2N4O6S2/c40-28-13-21-32(22-14-28)52(48,49)44-36-7-3-1-5-34(36)38(46)42-30-17-9-26(10-18-30)25-27-11-19-31(20-12-27)43-39(47)35-6-2-4-8-37(35)45-53(50,51)33-23-15-29(41)16-24-33/h1-24,44-45H,25H2,(H,42,46)(H,43,47). The molecule has 0 spiro atoms. The van der Waals surface area contributed by atoms with E-state index in [0.29, 0.717) is 17.8 Å². The summed E-state index contributed by atoms with van der Waals surface area (Å²) in [6.07, 6.45) is 0.532. The first-order valence-electron chi connectivity index (χ1n) is 15.9. The highest BCUT2D eigenvalue weighted by Gasteiger charge is 2.20. The zero-order valence-corrected chi connectivity index (χ0v) is 29.2. The van der Waals surface area contributed by atoms with Gasteiger partial charge < -0.3 is 10.6 Å². The minimum absolute atomic E-state index is 0.0567. The van der Waals surface area contributed by atoms with E-state index in [-0.39, 0.29) is 32.3 Å². The van der Waals surface area contributed by atoms with Crippen LogP contribution in [-0.4, -0.2) is 28.6 Å².